The highest BCUT2D eigenvalue weighted by Gasteiger charge is 2.23. The van der Waals surface area contributed by atoms with Gasteiger partial charge in [0.25, 0.3) is 5.56 Å². The minimum atomic E-state index is -0.542. The van der Waals surface area contributed by atoms with E-state index in [-0.39, 0.29) is 23.7 Å². The summed E-state index contributed by atoms with van der Waals surface area (Å²) >= 11 is 4.63. The number of carbonyl (C=O) groups is 1. The third-order valence-electron chi connectivity index (χ3n) is 4.10. The van der Waals surface area contributed by atoms with Gasteiger partial charge in [-0.3, -0.25) is 19.1 Å². The van der Waals surface area contributed by atoms with Crippen LogP contribution in [0.4, 0.5) is 0 Å². The summed E-state index contributed by atoms with van der Waals surface area (Å²) in [7, 11) is 1.54. The van der Waals surface area contributed by atoms with Crippen LogP contribution in [0.15, 0.2) is 43.5 Å². The smallest absolute Gasteiger partial charge is 0.329 e. The average Bonchev–Trinajstić information content (AvgIpc) is 2.98. The normalized spacial score (nSPS) is 12.3. The third kappa shape index (κ3) is 4.07. The zero-order valence-electron chi connectivity index (χ0n) is 15.6. The molecule has 0 bridgehead atoms. The van der Waals surface area contributed by atoms with Crippen LogP contribution >= 0.6 is 27.7 Å². The largest absolute Gasteiger partial charge is 0.465 e. The van der Waals surface area contributed by atoms with Gasteiger partial charge in [-0.2, -0.15) is 0 Å². The van der Waals surface area contributed by atoms with Gasteiger partial charge >= 0.3 is 11.7 Å². The van der Waals surface area contributed by atoms with Gasteiger partial charge in [0.2, 0.25) is 0 Å². The van der Waals surface area contributed by atoms with Crippen LogP contribution < -0.4 is 11.2 Å². The second kappa shape index (κ2) is 8.36. The lowest BCUT2D eigenvalue weighted by molar-refractivity contribution is -0.142. The number of rotatable bonds is 6. The van der Waals surface area contributed by atoms with Crippen LogP contribution in [0.5, 0.6) is 0 Å². The predicted molar refractivity (Wildman–Crippen MR) is 111 cm³/mol. The standard InChI is InChI=1S/C18H19BrN4O4S/c1-4-27-16(25)10(2)28-18-20-14-13(15(24)21-17(26)22(14)3)23(18)9-11-6-5-7-12(19)8-11/h5-8,10H,4,9H2,1-3H3,(H,21,24,26). The van der Waals surface area contributed by atoms with Crippen molar-refractivity contribution in [2.75, 3.05) is 6.61 Å². The fourth-order valence-electron chi connectivity index (χ4n) is 2.73. The van der Waals surface area contributed by atoms with E-state index < -0.39 is 16.5 Å². The molecule has 1 unspecified atom stereocenters. The van der Waals surface area contributed by atoms with Crippen LogP contribution in [-0.4, -0.2) is 36.9 Å². The van der Waals surface area contributed by atoms with Crippen molar-refractivity contribution in [1.82, 2.24) is 19.1 Å². The molecule has 0 fully saturated rings. The first-order valence-corrected chi connectivity index (χ1v) is 10.3. The Balaban J connectivity index is 2.14. The Hall–Kier alpha value is -2.33. The number of imidazole rings is 1. The molecule has 0 spiro atoms. The zero-order valence-corrected chi connectivity index (χ0v) is 18.0. The number of nitrogens with zero attached hydrogens (tertiary/aromatic N) is 3. The van der Waals surface area contributed by atoms with E-state index in [2.05, 4.69) is 25.9 Å². The molecule has 0 aliphatic heterocycles. The second-order valence-electron chi connectivity index (χ2n) is 6.11. The molecule has 0 aliphatic carbocycles. The van der Waals surface area contributed by atoms with Crippen molar-refractivity contribution in [2.24, 2.45) is 7.05 Å². The number of fused-ring (bicyclic) bond motifs is 1. The molecule has 148 valence electrons. The van der Waals surface area contributed by atoms with Crippen molar-refractivity contribution >= 4 is 44.8 Å². The van der Waals surface area contributed by atoms with E-state index in [9.17, 15) is 14.4 Å². The number of aryl methyl sites for hydroxylation is 1. The lowest BCUT2D eigenvalue weighted by Gasteiger charge is -2.12. The number of nitrogens with one attached hydrogen (secondary N) is 1. The number of esters is 1. The van der Waals surface area contributed by atoms with Gasteiger partial charge in [-0.25, -0.2) is 9.78 Å². The van der Waals surface area contributed by atoms with Crippen LogP contribution in [0.3, 0.4) is 0 Å². The molecule has 0 saturated carbocycles. The SMILES string of the molecule is CCOC(=O)C(C)Sc1nc2c(c(=O)[nH]c(=O)n2C)n1Cc1cccc(Br)c1. The Morgan fingerprint density at radius 1 is 1.39 bits per heavy atom. The number of thioether (sulfide) groups is 1. The van der Waals surface area contributed by atoms with Crippen LogP contribution in [-0.2, 0) is 23.1 Å². The molecule has 0 amide bonds. The van der Waals surface area contributed by atoms with Gasteiger partial charge in [0, 0.05) is 11.5 Å². The maximum absolute atomic E-state index is 12.5. The molecule has 1 atom stereocenters. The number of hydrogen-bond donors (Lipinski definition) is 1. The topological polar surface area (TPSA) is 99.0 Å². The van der Waals surface area contributed by atoms with Crippen molar-refractivity contribution in [2.45, 2.75) is 30.8 Å². The van der Waals surface area contributed by atoms with Gasteiger partial charge in [-0.1, -0.05) is 39.8 Å². The maximum Gasteiger partial charge on any atom is 0.329 e. The summed E-state index contributed by atoms with van der Waals surface area (Å²) in [4.78, 5) is 43.3. The first-order chi connectivity index (χ1) is 13.3. The first kappa shape index (κ1) is 20.4. The van der Waals surface area contributed by atoms with E-state index in [0.29, 0.717) is 11.7 Å². The maximum atomic E-state index is 12.5. The monoisotopic (exact) mass is 466 g/mol. The van der Waals surface area contributed by atoms with Gasteiger partial charge < -0.3 is 9.30 Å². The highest BCUT2D eigenvalue weighted by molar-refractivity contribution is 9.10. The first-order valence-electron chi connectivity index (χ1n) is 8.59. The Bertz CT molecular complexity index is 1150. The van der Waals surface area contributed by atoms with Crippen LogP contribution in [0.1, 0.15) is 19.4 Å². The lowest BCUT2D eigenvalue weighted by Crippen LogP contribution is -2.29. The van der Waals surface area contributed by atoms with Gasteiger partial charge in [0.05, 0.1) is 13.2 Å². The lowest BCUT2D eigenvalue weighted by atomic mass is 10.2. The summed E-state index contributed by atoms with van der Waals surface area (Å²) < 4.78 is 8.97. The van der Waals surface area contributed by atoms with E-state index in [0.717, 1.165) is 10.0 Å². The van der Waals surface area contributed by atoms with E-state index in [1.54, 1.807) is 25.5 Å². The number of aromatic nitrogens is 4. The number of hydrogen-bond acceptors (Lipinski definition) is 6. The molecule has 3 rings (SSSR count). The number of carbonyl (C=O) groups excluding carboxylic acids is 1. The van der Waals surface area contributed by atoms with Crippen molar-refractivity contribution in [1.29, 1.82) is 0 Å². The molecular formula is C18H19BrN4O4S. The molecule has 0 radical (unpaired) electrons. The molecule has 3 aromatic rings. The van der Waals surface area contributed by atoms with Crippen molar-refractivity contribution < 1.29 is 9.53 Å². The minimum Gasteiger partial charge on any atom is -0.465 e. The molecule has 2 heterocycles. The zero-order chi connectivity index (χ0) is 20.4. The molecule has 1 N–H and O–H groups in total. The summed E-state index contributed by atoms with van der Waals surface area (Å²) in [5.41, 5.74) is 0.423. The molecule has 0 saturated heterocycles. The number of aromatic amines is 1. The number of H-pyrrole nitrogens is 1. The highest BCUT2D eigenvalue weighted by atomic mass is 79.9. The summed E-state index contributed by atoms with van der Waals surface area (Å²) in [6, 6.07) is 7.66. The highest BCUT2D eigenvalue weighted by Crippen LogP contribution is 2.27. The van der Waals surface area contributed by atoms with Gasteiger partial charge in [-0.05, 0) is 31.5 Å². The predicted octanol–water partition coefficient (Wildman–Crippen LogP) is 2.28. The Morgan fingerprint density at radius 3 is 2.82 bits per heavy atom. The summed E-state index contributed by atoms with van der Waals surface area (Å²) in [6.07, 6.45) is 0. The second-order valence-corrected chi connectivity index (χ2v) is 8.34. The van der Waals surface area contributed by atoms with Gasteiger partial charge in [0.1, 0.15) is 5.25 Å². The van der Waals surface area contributed by atoms with Crippen LogP contribution in [0, 0.1) is 0 Å². The summed E-state index contributed by atoms with van der Waals surface area (Å²) in [5, 5.41) is -0.0589. The molecule has 0 aliphatic rings. The molecular weight excluding hydrogens is 448 g/mol. The number of ether oxygens (including phenoxy) is 1. The van der Waals surface area contributed by atoms with Crippen molar-refractivity contribution in [3.05, 3.63) is 55.1 Å². The number of benzene rings is 1. The Kier molecular flexibility index (Phi) is 6.09. The average molecular weight is 467 g/mol. The van der Waals surface area contributed by atoms with Gasteiger partial charge in [-0.15, -0.1) is 0 Å². The Labute approximate surface area is 173 Å². The summed E-state index contributed by atoms with van der Waals surface area (Å²) in [6.45, 7) is 4.10. The summed E-state index contributed by atoms with van der Waals surface area (Å²) in [5.74, 6) is -0.364. The van der Waals surface area contributed by atoms with E-state index >= 15 is 0 Å². The van der Waals surface area contributed by atoms with Crippen molar-refractivity contribution in [3.63, 3.8) is 0 Å². The molecule has 1 aromatic carbocycles. The minimum absolute atomic E-state index is 0.266. The van der Waals surface area contributed by atoms with E-state index in [1.807, 2.05) is 24.3 Å². The van der Waals surface area contributed by atoms with E-state index in [4.69, 9.17) is 4.74 Å². The van der Waals surface area contributed by atoms with E-state index in [1.165, 1.54) is 16.3 Å². The fourth-order valence-corrected chi connectivity index (χ4v) is 4.08. The molecule has 8 nitrogen and oxygen atoms in total. The molecule has 2 aromatic heterocycles. The van der Waals surface area contributed by atoms with Crippen LogP contribution in [0.25, 0.3) is 11.2 Å². The third-order valence-corrected chi connectivity index (χ3v) is 5.66. The van der Waals surface area contributed by atoms with Gasteiger partial charge in [0.15, 0.2) is 16.3 Å². The number of halogens is 1. The quantitative estimate of drug-likeness (QED) is 0.441. The fraction of sp³-hybridized carbons (Fsp3) is 0.333. The molecule has 10 heteroatoms. The Morgan fingerprint density at radius 2 is 2.14 bits per heavy atom. The van der Waals surface area contributed by atoms with Crippen molar-refractivity contribution in [3.8, 4) is 0 Å². The van der Waals surface area contributed by atoms with Crippen LogP contribution in [0.2, 0.25) is 0 Å². The molecule has 28 heavy (non-hydrogen) atoms.